The highest BCUT2D eigenvalue weighted by molar-refractivity contribution is 6.06. The highest BCUT2D eigenvalue weighted by Crippen LogP contribution is 2.43. The number of rotatable bonds is 7. The molecule has 0 spiro atoms. The van der Waals surface area contributed by atoms with Crippen molar-refractivity contribution in [2.24, 2.45) is 0 Å². The molecule has 9 aromatic rings. The second-order valence-electron chi connectivity index (χ2n) is 12.4. The van der Waals surface area contributed by atoms with E-state index < -0.39 is 0 Å². The molecule has 0 aliphatic heterocycles. The van der Waals surface area contributed by atoms with Crippen molar-refractivity contribution in [2.45, 2.75) is 0 Å². The molecule has 0 saturated heterocycles. The number of anilines is 3. The van der Waals surface area contributed by atoms with Crippen LogP contribution in [0.2, 0.25) is 0 Å². The zero-order chi connectivity index (χ0) is 33.3. The van der Waals surface area contributed by atoms with E-state index in [1.807, 2.05) is 36.4 Å². The number of benzene rings is 8. The van der Waals surface area contributed by atoms with Crippen molar-refractivity contribution in [3.63, 3.8) is 0 Å². The van der Waals surface area contributed by atoms with Gasteiger partial charge in [-0.05, 0) is 87.8 Å². The first-order valence-corrected chi connectivity index (χ1v) is 16.9. The van der Waals surface area contributed by atoms with Crippen LogP contribution in [0.5, 0.6) is 0 Å². The Morgan fingerprint density at radius 2 is 0.940 bits per heavy atom. The lowest BCUT2D eigenvalue weighted by Crippen LogP contribution is -2.11. The van der Waals surface area contributed by atoms with Crippen LogP contribution in [0.4, 0.5) is 17.1 Å². The summed E-state index contributed by atoms with van der Waals surface area (Å²) in [5.74, 6) is 0.635. The van der Waals surface area contributed by atoms with Crippen LogP contribution in [0, 0.1) is 0 Å². The van der Waals surface area contributed by atoms with E-state index in [4.69, 9.17) is 9.40 Å². The van der Waals surface area contributed by atoms with Gasteiger partial charge in [-0.15, -0.1) is 0 Å². The first-order valence-electron chi connectivity index (χ1n) is 16.9. The summed E-state index contributed by atoms with van der Waals surface area (Å²) < 4.78 is 6.17. The second-order valence-corrected chi connectivity index (χ2v) is 12.4. The fourth-order valence-electron chi connectivity index (χ4n) is 6.90. The third-order valence-corrected chi connectivity index (χ3v) is 9.31. The summed E-state index contributed by atoms with van der Waals surface area (Å²) in [6.07, 6.45) is 0. The van der Waals surface area contributed by atoms with Crippen molar-refractivity contribution in [3.8, 4) is 44.8 Å². The highest BCUT2D eigenvalue weighted by atomic mass is 16.3. The molecule has 3 nitrogen and oxygen atoms in total. The van der Waals surface area contributed by atoms with Gasteiger partial charge in [0, 0.05) is 27.9 Å². The Hall–Kier alpha value is -6.71. The van der Waals surface area contributed by atoms with Gasteiger partial charge < -0.3 is 9.32 Å². The van der Waals surface area contributed by atoms with Gasteiger partial charge in [-0.1, -0.05) is 140 Å². The summed E-state index contributed by atoms with van der Waals surface area (Å²) in [7, 11) is 0. The molecular formula is C47H32N2O. The predicted octanol–water partition coefficient (Wildman–Crippen LogP) is 13.1. The Labute approximate surface area is 291 Å². The minimum atomic E-state index is 0.635. The summed E-state index contributed by atoms with van der Waals surface area (Å²) in [6, 6.07) is 68.2. The first kappa shape index (κ1) is 29.4. The molecule has 9 rings (SSSR count). The number of hydrogen-bond donors (Lipinski definition) is 0. The van der Waals surface area contributed by atoms with E-state index in [2.05, 4.69) is 163 Å². The van der Waals surface area contributed by atoms with E-state index in [-0.39, 0.29) is 0 Å². The maximum Gasteiger partial charge on any atom is 0.227 e. The average molecular weight is 641 g/mol. The minimum Gasteiger partial charge on any atom is -0.436 e. The molecule has 0 atom stereocenters. The van der Waals surface area contributed by atoms with Crippen molar-refractivity contribution in [2.75, 3.05) is 4.90 Å². The smallest absolute Gasteiger partial charge is 0.227 e. The Bertz CT molecular complexity index is 2570. The summed E-state index contributed by atoms with van der Waals surface area (Å²) in [6.45, 7) is 0. The van der Waals surface area contributed by atoms with E-state index in [1.165, 1.54) is 22.3 Å². The van der Waals surface area contributed by atoms with E-state index in [1.54, 1.807) is 0 Å². The fraction of sp³-hybridized carbons (Fsp3) is 0. The highest BCUT2D eigenvalue weighted by Gasteiger charge is 2.18. The second kappa shape index (κ2) is 12.7. The fourth-order valence-corrected chi connectivity index (χ4v) is 6.90. The van der Waals surface area contributed by atoms with Gasteiger partial charge in [-0.25, -0.2) is 4.98 Å². The molecule has 0 N–H and O–H groups in total. The Balaban J connectivity index is 1.13. The van der Waals surface area contributed by atoms with Gasteiger partial charge in [0.2, 0.25) is 5.89 Å². The van der Waals surface area contributed by atoms with Crippen molar-refractivity contribution in [1.29, 1.82) is 0 Å². The number of oxazole rings is 1. The molecule has 0 unspecified atom stereocenters. The number of hydrogen-bond acceptors (Lipinski definition) is 3. The van der Waals surface area contributed by atoms with E-state index in [0.29, 0.717) is 5.89 Å². The van der Waals surface area contributed by atoms with Gasteiger partial charge in [0.25, 0.3) is 0 Å². The maximum absolute atomic E-state index is 6.17. The van der Waals surface area contributed by atoms with Crippen LogP contribution >= 0.6 is 0 Å². The van der Waals surface area contributed by atoms with E-state index in [0.717, 1.165) is 55.6 Å². The van der Waals surface area contributed by atoms with Gasteiger partial charge in [0.05, 0.1) is 5.69 Å². The van der Waals surface area contributed by atoms with E-state index >= 15 is 0 Å². The summed E-state index contributed by atoms with van der Waals surface area (Å²) >= 11 is 0. The first-order chi connectivity index (χ1) is 24.8. The largest absolute Gasteiger partial charge is 0.436 e. The predicted molar refractivity (Wildman–Crippen MR) is 208 cm³/mol. The Morgan fingerprint density at radius 3 is 1.64 bits per heavy atom. The monoisotopic (exact) mass is 640 g/mol. The van der Waals surface area contributed by atoms with Crippen LogP contribution in [0.1, 0.15) is 0 Å². The molecule has 0 bridgehead atoms. The lowest BCUT2D eigenvalue weighted by atomic mass is 9.94. The third kappa shape index (κ3) is 5.41. The van der Waals surface area contributed by atoms with Gasteiger partial charge in [0.15, 0.2) is 5.58 Å². The molecule has 3 heteroatoms. The number of fused-ring (bicyclic) bond motifs is 3. The molecule has 0 amide bonds. The van der Waals surface area contributed by atoms with Crippen LogP contribution in [-0.4, -0.2) is 4.98 Å². The topological polar surface area (TPSA) is 29.3 Å². The third-order valence-electron chi connectivity index (χ3n) is 9.31. The Kier molecular flexibility index (Phi) is 7.49. The molecule has 0 radical (unpaired) electrons. The van der Waals surface area contributed by atoms with E-state index in [9.17, 15) is 0 Å². The average Bonchev–Trinajstić information content (AvgIpc) is 3.65. The van der Waals surface area contributed by atoms with Crippen molar-refractivity contribution in [1.82, 2.24) is 4.98 Å². The SMILES string of the molecule is c1ccc(-c2nc3c(ccc4cc(-c5ccccc5N(c5ccccc5)c5ccc(-c6ccccc6-c6ccccc6)cc5)ccc43)o2)cc1. The summed E-state index contributed by atoms with van der Waals surface area (Å²) in [4.78, 5) is 7.26. The van der Waals surface area contributed by atoms with Crippen LogP contribution in [-0.2, 0) is 0 Å². The number of aromatic nitrogens is 1. The summed E-state index contributed by atoms with van der Waals surface area (Å²) in [5, 5.41) is 2.19. The standard InChI is InChI=1S/C47H32N2O/c1-4-14-33(15-5-1)40-20-10-11-21-41(40)34-24-28-39(29-25-34)49(38-18-8-3-9-19-38)44-23-13-12-22-42(44)36-26-30-43-37(32-36)27-31-45-46(43)48-47(50-45)35-16-6-2-7-17-35/h1-32H. The molecular weight excluding hydrogens is 609 g/mol. The summed E-state index contributed by atoms with van der Waals surface area (Å²) in [5.41, 5.74) is 13.0. The quantitative estimate of drug-likeness (QED) is 0.174. The van der Waals surface area contributed by atoms with Gasteiger partial charge in [0.1, 0.15) is 5.52 Å². The van der Waals surface area contributed by atoms with Crippen LogP contribution in [0.3, 0.4) is 0 Å². The van der Waals surface area contributed by atoms with Gasteiger partial charge >= 0.3 is 0 Å². The minimum absolute atomic E-state index is 0.635. The molecule has 1 aromatic heterocycles. The number of para-hydroxylation sites is 2. The van der Waals surface area contributed by atoms with Crippen molar-refractivity contribution in [3.05, 3.63) is 194 Å². The number of nitrogens with zero attached hydrogens (tertiary/aromatic N) is 2. The maximum atomic E-state index is 6.17. The molecule has 50 heavy (non-hydrogen) atoms. The lowest BCUT2D eigenvalue weighted by molar-refractivity contribution is 0.620. The van der Waals surface area contributed by atoms with Gasteiger partial charge in [-0.3, -0.25) is 0 Å². The van der Waals surface area contributed by atoms with Crippen molar-refractivity contribution >= 4 is 38.9 Å². The zero-order valence-corrected chi connectivity index (χ0v) is 27.3. The van der Waals surface area contributed by atoms with Crippen LogP contribution in [0.15, 0.2) is 199 Å². The molecule has 0 saturated carbocycles. The molecule has 8 aromatic carbocycles. The molecule has 1 heterocycles. The zero-order valence-electron chi connectivity index (χ0n) is 27.3. The molecule has 236 valence electrons. The van der Waals surface area contributed by atoms with Crippen molar-refractivity contribution < 1.29 is 4.42 Å². The molecule has 0 fully saturated rings. The molecule has 0 aliphatic rings. The van der Waals surface area contributed by atoms with Gasteiger partial charge in [-0.2, -0.15) is 0 Å². The molecule has 0 aliphatic carbocycles. The normalized spacial score (nSPS) is 11.2. The lowest BCUT2D eigenvalue weighted by Gasteiger charge is -2.28. The van der Waals surface area contributed by atoms with Crippen LogP contribution < -0.4 is 4.90 Å². The van der Waals surface area contributed by atoms with Crippen LogP contribution in [0.25, 0.3) is 66.7 Å². The Morgan fingerprint density at radius 1 is 0.400 bits per heavy atom.